The van der Waals surface area contributed by atoms with Gasteiger partial charge in [-0.25, -0.2) is 4.52 Å². The lowest BCUT2D eigenvalue weighted by Gasteiger charge is -2.17. The van der Waals surface area contributed by atoms with Gasteiger partial charge in [-0.1, -0.05) is 133 Å². The Morgan fingerprint density at radius 1 is 0.476 bits per heavy atom. The molecule has 8 aromatic rings. The van der Waals surface area contributed by atoms with Gasteiger partial charge in [-0.3, -0.25) is 0 Å². The molecule has 6 aromatic carbocycles. The van der Waals surface area contributed by atoms with Crippen LogP contribution in [-0.2, 0) is 0 Å². The van der Waals surface area contributed by atoms with Crippen LogP contribution in [0.3, 0.4) is 0 Å². The predicted molar refractivity (Wildman–Crippen MR) is 176 cm³/mol. The van der Waals surface area contributed by atoms with E-state index in [0.29, 0.717) is 5.92 Å². The highest BCUT2D eigenvalue weighted by Gasteiger charge is 2.30. The molecule has 1 fully saturated rings. The number of hydrogen-bond acceptors (Lipinski definition) is 1. The van der Waals surface area contributed by atoms with Crippen LogP contribution in [0.5, 0.6) is 0 Å². The summed E-state index contributed by atoms with van der Waals surface area (Å²) >= 11 is 0. The minimum absolute atomic E-state index is 0.558. The molecular weight excluding hydrogens is 508 g/mol. The van der Waals surface area contributed by atoms with Crippen molar-refractivity contribution < 1.29 is 0 Å². The number of fused-ring (bicyclic) bond motifs is 5. The number of aromatic nitrogens is 2. The minimum Gasteiger partial charge on any atom is -0.236 e. The molecule has 0 amide bonds. The number of nitrogens with zero attached hydrogens (tertiary/aromatic N) is 2. The first-order valence-corrected chi connectivity index (χ1v) is 14.9. The van der Waals surface area contributed by atoms with Gasteiger partial charge in [-0.05, 0) is 62.5 Å². The highest BCUT2D eigenvalue weighted by Crippen LogP contribution is 2.49. The summed E-state index contributed by atoms with van der Waals surface area (Å²) in [6.45, 7) is 0. The third-order valence-electron chi connectivity index (χ3n) is 8.94. The third-order valence-corrected chi connectivity index (χ3v) is 8.94. The molecule has 2 heterocycles. The Hall–Kier alpha value is -5.21. The zero-order valence-electron chi connectivity index (χ0n) is 23.2. The molecule has 9 rings (SSSR count). The zero-order chi connectivity index (χ0) is 27.6. The van der Waals surface area contributed by atoms with Gasteiger partial charge < -0.3 is 0 Å². The lowest BCUT2D eigenvalue weighted by molar-refractivity contribution is 0.866. The summed E-state index contributed by atoms with van der Waals surface area (Å²) in [6, 6.07) is 50.6. The molecule has 1 saturated carbocycles. The Morgan fingerprint density at radius 3 is 1.52 bits per heavy atom. The van der Waals surface area contributed by atoms with Crippen LogP contribution in [0.4, 0.5) is 0 Å². The quantitative estimate of drug-likeness (QED) is 0.205. The first-order valence-electron chi connectivity index (χ1n) is 14.9. The van der Waals surface area contributed by atoms with Gasteiger partial charge in [-0.15, -0.1) is 0 Å². The summed E-state index contributed by atoms with van der Waals surface area (Å²) in [7, 11) is 0. The van der Waals surface area contributed by atoms with Gasteiger partial charge in [0.1, 0.15) is 5.69 Å². The fraction of sp³-hybridized carbons (Fsp3) is 0.0750. The molecule has 42 heavy (non-hydrogen) atoms. The standard InChI is InChI=1S/C40H28N2/c1-3-13-27(14-4-1)36-31-19-9-11-21-33(31)38(34-22-12-10-20-32(34)36)39-37(28-15-5-2-6-16-28)40-30-18-8-7-17-29(30)25-35(26-23-24-26)42(40)41-39/h1-22,25-26H,23-24H2. The maximum absolute atomic E-state index is 5.59. The highest BCUT2D eigenvalue weighted by molar-refractivity contribution is 6.23. The van der Waals surface area contributed by atoms with Crippen molar-refractivity contribution in [3.05, 3.63) is 145 Å². The molecule has 0 atom stereocenters. The van der Waals surface area contributed by atoms with E-state index in [1.165, 1.54) is 84.2 Å². The normalized spacial score (nSPS) is 13.4. The molecule has 1 aliphatic carbocycles. The first-order chi connectivity index (χ1) is 20.9. The second-order valence-electron chi connectivity index (χ2n) is 11.5. The van der Waals surface area contributed by atoms with Crippen LogP contribution in [0.15, 0.2) is 140 Å². The van der Waals surface area contributed by atoms with Crippen molar-refractivity contribution in [2.45, 2.75) is 18.8 Å². The molecule has 0 spiro atoms. The lowest BCUT2D eigenvalue weighted by atomic mass is 9.86. The number of rotatable bonds is 4. The average Bonchev–Trinajstić information content (AvgIpc) is 3.83. The van der Waals surface area contributed by atoms with Crippen molar-refractivity contribution in [1.82, 2.24) is 9.61 Å². The molecule has 0 unspecified atom stereocenters. The molecule has 2 heteroatoms. The molecule has 2 aromatic heterocycles. The van der Waals surface area contributed by atoms with Gasteiger partial charge in [0.2, 0.25) is 0 Å². The van der Waals surface area contributed by atoms with Crippen molar-refractivity contribution in [1.29, 1.82) is 0 Å². The van der Waals surface area contributed by atoms with Gasteiger partial charge in [0.05, 0.1) is 5.52 Å². The number of benzene rings is 6. The molecule has 0 aliphatic heterocycles. The average molecular weight is 537 g/mol. The zero-order valence-corrected chi connectivity index (χ0v) is 23.2. The molecule has 0 saturated heterocycles. The van der Waals surface area contributed by atoms with E-state index in [1.54, 1.807) is 0 Å². The summed E-state index contributed by atoms with van der Waals surface area (Å²) in [4.78, 5) is 0. The van der Waals surface area contributed by atoms with Crippen LogP contribution < -0.4 is 0 Å². The highest BCUT2D eigenvalue weighted by atomic mass is 15.2. The topological polar surface area (TPSA) is 17.3 Å². The van der Waals surface area contributed by atoms with E-state index < -0.39 is 0 Å². The molecule has 0 radical (unpaired) electrons. The molecule has 0 bridgehead atoms. The van der Waals surface area contributed by atoms with Gasteiger partial charge in [-0.2, -0.15) is 5.10 Å². The molecule has 198 valence electrons. The second kappa shape index (κ2) is 9.15. The van der Waals surface area contributed by atoms with Crippen molar-refractivity contribution in [2.24, 2.45) is 0 Å². The largest absolute Gasteiger partial charge is 0.236 e. The van der Waals surface area contributed by atoms with Crippen LogP contribution in [0.1, 0.15) is 24.5 Å². The monoisotopic (exact) mass is 536 g/mol. The fourth-order valence-corrected chi connectivity index (χ4v) is 6.94. The SMILES string of the molecule is c1ccc(-c2c3ccccc3c(-c3nn4c(C5CC5)cc5ccccc5c4c3-c3ccccc3)c3ccccc23)cc1. The van der Waals surface area contributed by atoms with Crippen LogP contribution in [0.2, 0.25) is 0 Å². The Kier molecular flexibility index (Phi) is 5.12. The Bertz CT molecular complexity index is 2230. The van der Waals surface area contributed by atoms with E-state index in [0.717, 1.165) is 5.69 Å². The second-order valence-corrected chi connectivity index (χ2v) is 11.5. The van der Waals surface area contributed by atoms with Crippen LogP contribution in [0.25, 0.3) is 71.3 Å². The minimum atomic E-state index is 0.558. The predicted octanol–water partition coefficient (Wildman–Crippen LogP) is 10.7. The Balaban J connectivity index is 1.51. The van der Waals surface area contributed by atoms with E-state index in [2.05, 4.69) is 144 Å². The van der Waals surface area contributed by atoms with Gasteiger partial charge >= 0.3 is 0 Å². The van der Waals surface area contributed by atoms with Crippen molar-refractivity contribution in [3.8, 4) is 33.5 Å². The fourth-order valence-electron chi connectivity index (χ4n) is 6.94. The summed E-state index contributed by atoms with van der Waals surface area (Å²) in [5.41, 5.74) is 9.69. The first kappa shape index (κ1) is 23.5. The smallest absolute Gasteiger partial charge is 0.102 e. The maximum atomic E-state index is 5.59. The molecule has 1 aliphatic rings. The van der Waals surface area contributed by atoms with E-state index in [4.69, 9.17) is 5.10 Å². The number of hydrogen-bond donors (Lipinski definition) is 0. The third kappa shape index (κ3) is 3.48. The van der Waals surface area contributed by atoms with E-state index in [9.17, 15) is 0 Å². The maximum Gasteiger partial charge on any atom is 0.102 e. The summed E-state index contributed by atoms with van der Waals surface area (Å²) < 4.78 is 2.28. The van der Waals surface area contributed by atoms with E-state index in [-0.39, 0.29) is 0 Å². The Morgan fingerprint density at radius 2 is 0.952 bits per heavy atom. The summed E-state index contributed by atoms with van der Waals surface area (Å²) in [6.07, 6.45) is 2.45. The summed E-state index contributed by atoms with van der Waals surface area (Å²) in [5.74, 6) is 0.558. The van der Waals surface area contributed by atoms with E-state index >= 15 is 0 Å². The molecule has 2 nitrogen and oxygen atoms in total. The Labute approximate surface area is 244 Å². The van der Waals surface area contributed by atoms with Crippen molar-refractivity contribution >= 4 is 37.8 Å². The molecule has 0 N–H and O–H groups in total. The van der Waals surface area contributed by atoms with E-state index in [1.807, 2.05) is 0 Å². The van der Waals surface area contributed by atoms with Gasteiger partial charge in [0.15, 0.2) is 0 Å². The van der Waals surface area contributed by atoms with Gasteiger partial charge in [0.25, 0.3) is 0 Å². The number of pyridine rings is 1. The van der Waals surface area contributed by atoms with Crippen LogP contribution >= 0.6 is 0 Å². The van der Waals surface area contributed by atoms with Crippen LogP contribution in [0, 0.1) is 0 Å². The van der Waals surface area contributed by atoms with Crippen molar-refractivity contribution in [3.63, 3.8) is 0 Å². The van der Waals surface area contributed by atoms with Gasteiger partial charge in [0, 0.05) is 28.1 Å². The molecular formula is C40H28N2. The van der Waals surface area contributed by atoms with Crippen molar-refractivity contribution in [2.75, 3.05) is 0 Å². The van der Waals surface area contributed by atoms with Crippen LogP contribution in [-0.4, -0.2) is 9.61 Å². The lowest BCUT2D eigenvalue weighted by Crippen LogP contribution is -1.98. The summed E-state index contributed by atoms with van der Waals surface area (Å²) in [5, 5.41) is 13.1.